The van der Waals surface area contributed by atoms with Crippen molar-refractivity contribution in [2.75, 3.05) is 0 Å². The van der Waals surface area contributed by atoms with E-state index in [-0.39, 0.29) is 0 Å². The van der Waals surface area contributed by atoms with Crippen LogP contribution in [-0.4, -0.2) is 32.4 Å². The second-order valence-electron chi connectivity index (χ2n) is 4.76. The van der Waals surface area contributed by atoms with Gasteiger partial charge in [0.15, 0.2) is 19.9 Å². The molecule has 2 aromatic carbocycles. The van der Waals surface area contributed by atoms with Crippen molar-refractivity contribution in [2.45, 2.75) is 20.8 Å². The predicted octanol–water partition coefficient (Wildman–Crippen LogP) is 3.56. The molecule has 0 amide bonds. The Morgan fingerprint density at radius 3 is 1.24 bits per heavy atom. The van der Waals surface area contributed by atoms with Gasteiger partial charge in [-0.15, -0.1) is 0 Å². The maximum atomic E-state index is 12.5. The van der Waals surface area contributed by atoms with E-state index in [0.717, 1.165) is 0 Å². The zero-order valence-corrected chi connectivity index (χ0v) is 16.2. The number of alkyl halides is 6. The van der Waals surface area contributed by atoms with Gasteiger partial charge in [0.05, 0.1) is 0 Å². The molecule has 0 N–H and O–H groups in total. The van der Waals surface area contributed by atoms with Crippen LogP contribution in [0, 0.1) is 0 Å². The minimum Gasteiger partial charge on any atom is -0.741 e. The van der Waals surface area contributed by atoms with Crippen molar-refractivity contribution in [1.82, 2.24) is 0 Å². The van der Waals surface area contributed by atoms with Crippen molar-refractivity contribution in [3.8, 4) is 0 Å². The number of rotatable bonds is 4. The third-order valence-electron chi connectivity index (χ3n) is 2.64. The Labute approximate surface area is 164 Å². The lowest BCUT2D eigenvalue weighted by atomic mass is 10.4. The molecule has 0 aliphatic rings. The van der Waals surface area contributed by atoms with Gasteiger partial charge >= 0.3 is 21.1 Å². The second-order valence-corrected chi connectivity index (χ2v) is 9.53. The maximum absolute atomic E-state index is 12.5. The average molecular weight is 484 g/mol. The Balaban J connectivity index is 0.000000447. The van der Waals surface area contributed by atoms with Crippen LogP contribution < -0.4 is 0 Å². The Hall–Kier alpha value is -1.81. The van der Waals surface area contributed by atoms with Crippen LogP contribution in [0.15, 0.2) is 70.5 Å². The standard InChI is InChI=1S/C13H10F3O3S2.CHF3O3S/c14-13(15,16)21(17,18)19-20(11-7-3-1-4-8-11)12-9-5-2-6-10-12;2-1(3,4)8(5,6)7/h1-10H;(H,5,6,7)/q+1;/p-1. The summed E-state index contributed by atoms with van der Waals surface area (Å²) in [6, 6.07) is 15.8. The van der Waals surface area contributed by atoms with E-state index < -0.39 is 42.4 Å². The van der Waals surface area contributed by atoms with Gasteiger partial charge in [0.25, 0.3) is 0 Å². The van der Waals surface area contributed by atoms with E-state index in [4.69, 9.17) is 13.0 Å². The zero-order valence-electron chi connectivity index (χ0n) is 13.7. The molecule has 29 heavy (non-hydrogen) atoms. The van der Waals surface area contributed by atoms with Gasteiger partial charge in [0.1, 0.15) is 0 Å². The Bertz CT molecular complexity index is 950. The lowest BCUT2D eigenvalue weighted by Crippen LogP contribution is -2.28. The van der Waals surface area contributed by atoms with Gasteiger partial charge in [-0.25, -0.2) is 8.42 Å². The highest BCUT2D eigenvalue weighted by atomic mass is 32.3. The van der Waals surface area contributed by atoms with Crippen LogP contribution in [0.4, 0.5) is 26.3 Å². The van der Waals surface area contributed by atoms with Crippen LogP contribution in [-0.2, 0) is 35.0 Å². The Kier molecular flexibility index (Phi) is 8.12. The summed E-state index contributed by atoms with van der Waals surface area (Å²) in [5.74, 6) is 0. The van der Waals surface area contributed by atoms with Crippen molar-refractivity contribution < 1.29 is 51.4 Å². The van der Waals surface area contributed by atoms with Crippen LogP contribution in [0.1, 0.15) is 0 Å². The summed E-state index contributed by atoms with van der Waals surface area (Å²) in [4.78, 5) is 0.688. The molecule has 0 fully saturated rings. The minimum atomic E-state index is -6.09. The number of hydrogen-bond donors (Lipinski definition) is 0. The Morgan fingerprint density at radius 2 is 1.00 bits per heavy atom. The van der Waals surface area contributed by atoms with Gasteiger partial charge in [-0.05, 0) is 27.9 Å². The first-order chi connectivity index (χ1) is 13.1. The molecule has 6 nitrogen and oxygen atoms in total. The van der Waals surface area contributed by atoms with Crippen molar-refractivity contribution in [2.24, 2.45) is 0 Å². The van der Waals surface area contributed by atoms with E-state index >= 15 is 0 Å². The summed E-state index contributed by atoms with van der Waals surface area (Å²) in [6.45, 7) is 0. The summed E-state index contributed by atoms with van der Waals surface area (Å²) in [7, 11) is -11.8. The van der Waals surface area contributed by atoms with Gasteiger partial charge in [0.2, 0.25) is 11.2 Å². The van der Waals surface area contributed by atoms with Gasteiger partial charge in [-0.2, -0.15) is 34.8 Å². The fourth-order valence-electron chi connectivity index (χ4n) is 1.43. The SMILES string of the molecule is O=S(=O)(O[S+](c1ccccc1)c1ccccc1)C(F)(F)F.O=S(=O)([O-])C(F)(F)F. The monoisotopic (exact) mass is 484 g/mol. The third kappa shape index (κ3) is 7.50. The average Bonchev–Trinajstić information content (AvgIpc) is 2.59. The van der Waals surface area contributed by atoms with Gasteiger partial charge in [-0.1, -0.05) is 36.4 Å². The maximum Gasteiger partial charge on any atom is 0.527 e. The molecule has 0 spiro atoms. The summed E-state index contributed by atoms with van der Waals surface area (Å²) in [5.41, 5.74) is -11.1. The lowest BCUT2D eigenvalue weighted by Gasteiger charge is -2.08. The summed E-state index contributed by atoms with van der Waals surface area (Å²) in [5, 5.41) is 0. The first kappa shape index (κ1) is 25.2. The summed E-state index contributed by atoms with van der Waals surface area (Å²) in [6.07, 6.45) is 0. The van der Waals surface area contributed by atoms with E-state index in [1.807, 2.05) is 0 Å². The number of benzene rings is 2. The fraction of sp³-hybridized carbons (Fsp3) is 0.143. The summed E-state index contributed by atoms with van der Waals surface area (Å²) < 4.78 is 123. The molecule has 0 heterocycles. The van der Waals surface area contributed by atoms with E-state index in [0.29, 0.717) is 9.79 Å². The lowest BCUT2D eigenvalue weighted by molar-refractivity contribution is -0.0518. The fourth-order valence-corrected chi connectivity index (χ4v) is 4.17. The van der Waals surface area contributed by atoms with E-state index in [1.165, 1.54) is 24.3 Å². The quantitative estimate of drug-likeness (QED) is 0.285. The van der Waals surface area contributed by atoms with E-state index in [9.17, 15) is 34.8 Å². The molecule has 0 atom stereocenters. The smallest absolute Gasteiger partial charge is 0.527 e. The molecule has 0 aliphatic heterocycles. The first-order valence-corrected chi connectivity index (χ1v) is 10.9. The molecule has 162 valence electrons. The van der Waals surface area contributed by atoms with Gasteiger partial charge in [0, 0.05) is 0 Å². The van der Waals surface area contributed by atoms with Crippen LogP contribution in [0.5, 0.6) is 0 Å². The third-order valence-corrected chi connectivity index (χ3v) is 6.43. The molecule has 2 rings (SSSR count). The van der Waals surface area contributed by atoms with Gasteiger partial charge in [-0.3, -0.25) is 0 Å². The highest BCUT2D eigenvalue weighted by Crippen LogP contribution is 2.32. The summed E-state index contributed by atoms with van der Waals surface area (Å²) >= 11 is -1.68. The molecular formula is C14H10F6O6S3. The predicted molar refractivity (Wildman–Crippen MR) is 88.6 cm³/mol. The van der Waals surface area contributed by atoms with Crippen LogP contribution >= 0.6 is 0 Å². The largest absolute Gasteiger partial charge is 0.741 e. The molecule has 2 aromatic rings. The molecule has 0 saturated carbocycles. The van der Waals surface area contributed by atoms with E-state index in [1.54, 1.807) is 36.4 Å². The number of hydrogen-bond acceptors (Lipinski definition) is 6. The minimum absolute atomic E-state index is 0.344. The molecule has 0 saturated heterocycles. The molecule has 0 aliphatic carbocycles. The highest BCUT2D eigenvalue weighted by molar-refractivity contribution is 8.03. The van der Waals surface area contributed by atoms with Gasteiger partial charge < -0.3 is 4.55 Å². The Morgan fingerprint density at radius 1 is 0.690 bits per heavy atom. The van der Waals surface area contributed by atoms with Crippen molar-refractivity contribution in [3.05, 3.63) is 60.7 Å². The van der Waals surface area contributed by atoms with Crippen LogP contribution in [0.2, 0.25) is 0 Å². The molecule has 15 heteroatoms. The van der Waals surface area contributed by atoms with Crippen molar-refractivity contribution >= 4 is 31.4 Å². The number of halogens is 6. The van der Waals surface area contributed by atoms with Crippen molar-refractivity contribution in [3.63, 3.8) is 0 Å². The van der Waals surface area contributed by atoms with E-state index in [2.05, 4.69) is 3.63 Å². The topological polar surface area (TPSA) is 101 Å². The van der Waals surface area contributed by atoms with Crippen LogP contribution in [0.3, 0.4) is 0 Å². The molecular weight excluding hydrogens is 474 g/mol. The molecule has 0 aromatic heterocycles. The highest BCUT2D eigenvalue weighted by Gasteiger charge is 2.53. The normalized spacial score (nSPS) is 13.0. The zero-order chi connectivity index (χ0) is 22.5. The van der Waals surface area contributed by atoms with Crippen LogP contribution in [0.25, 0.3) is 0 Å². The van der Waals surface area contributed by atoms with Crippen molar-refractivity contribution in [1.29, 1.82) is 0 Å². The second kappa shape index (κ2) is 9.34. The molecule has 0 radical (unpaired) electrons. The first-order valence-electron chi connectivity index (χ1n) is 6.94. The molecule has 0 unspecified atom stereocenters. The molecule has 0 bridgehead atoms.